The number of ketones is 1. The number of anilines is 2. The molecule has 1 N–H and O–H groups in total. The van der Waals surface area contributed by atoms with E-state index >= 15 is 0 Å². The van der Waals surface area contributed by atoms with Crippen LogP contribution in [0.1, 0.15) is 46.6 Å². The van der Waals surface area contributed by atoms with Gasteiger partial charge in [0.05, 0.1) is 29.7 Å². The summed E-state index contributed by atoms with van der Waals surface area (Å²) in [5.74, 6) is 0.542. The number of carbonyl (C=O) groups excluding carboxylic acids is 2. The Balaban J connectivity index is 1.58. The second-order valence-corrected chi connectivity index (χ2v) is 13.6. The molecule has 9 nitrogen and oxygen atoms in total. The summed E-state index contributed by atoms with van der Waals surface area (Å²) in [7, 11) is 0. The minimum absolute atomic E-state index is 0.0219. The summed E-state index contributed by atoms with van der Waals surface area (Å²) in [5, 5.41) is 8.39. The highest BCUT2D eigenvalue weighted by molar-refractivity contribution is 8.01. The zero-order chi connectivity index (χ0) is 31.3. The molecule has 0 spiro atoms. The van der Waals surface area contributed by atoms with E-state index in [9.17, 15) is 14.0 Å². The van der Waals surface area contributed by atoms with Gasteiger partial charge >= 0.3 is 5.97 Å². The van der Waals surface area contributed by atoms with Gasteiger partial charge in [-0.1, -0.05) is 34.7 Å². The molecule has 43 heavy (non-hydrogen) atoms. The van der Waals surface area contributed by atoms with E-state index in [1.54, 1.807) is 44.5 Å². The number of benzene rings is 2. The lowest BCUT2D eigenvalue weighted by Crippen LogP contribution is -2.38. The molecule has 228 valence electrons. The van der Waals surface area contributed by atoms with E-state index in [-0.39, 0.29) is 35.7 Å². The highest BCUT2D eigenvalue weighted by Gasteiger charge is 2.33. The molecule has 0 saturated heterocycles. The fourth-order valence-electron chi connectivity index (χ4n) is 4.09. The van der Waals surface area contributed by atoms with E-state index in [0.717, 1.165) is 0 Å². The Kier molecular flexibility index (Phi) is 10.8. The van der Waals surface area contributed by atoms with Crippen molar-refractivity contribution in [2.24, 2.45) is 0 Å². The molecule has 0 aliphatic heterocycles. The molecule has 0 fully saturated rings. The van der Waals surface area contributed by atoms with E-state index < -0.39 is 11.4 Å². The monoisotopic (exact) mass is 663 g/mol. The van der Waals surface area contributed by atoms with Crippen LogP contribution in [0.5, 0.6) is 5.75 Å². The lowest BCUT2D eigenvalue weighted by molar-refractivity contribution is -0.146. The topological polar surface area (TPSA) is 108 Å². The van der Waals surface area contributed by atoms with Gasteiger partial charge in [-0.3, -0.25) is 9.59 Å². The Morgan fingerprint density at radius 3 is 2.70 bits per heavy atom. The van der Waals surface area contributed by atoms with Crippen molar-refractivity contribution < 1.29 is 23.5 Å². The van der Waals surface area contributed by atoms with Crippen LogP contribution in [-0.4, -0.2) is 50.0 Å². The number of esters is 1. The van der Waals surface area contributed by atoms with Gasteiger partial charge in [0.2, 0.25) is 0 Å². The maximum absolute atomic E-state index is 13.8. The first kappa shape index (κ1) is 32.8. The van der Waals surface area contributed by atoms with E-state index in [0.29, 0.717) is 54.4 Å². The Bertz CT molecular complexity index is 1710. The summed E-state index contributed by atoms with van der Waals surface area (Å²) >= 11 is 14.2. The lowest BCUT2D eigenvalue weighted by atomic mass is 9.93. The number of ether oxygens (including phenoxy) is 2. The van der Waals surface area contributed by atoms with E-state index in [2.05, 4.69) is 20.4 Å². The number of Topliss-reactive ketones (excluding diaryl/α,β-unsaturated/α-hetero) is 1. The summed E-state index contributed by atoms with van der Waals surface area (Å²) < 4.78 is 27.4. The van der Waals surface area contributed by atoms with Crippen LogP contribution in [0.2, 0.25) is 5.02 Å². The molecule has 2 aromatic heterocycles. The second-order valence-electron chi connectivity index (χ2n) is 10.2. The van der Waals surface area contributed by atoms with Crippen molar-refractivity contribution in [1.29, 1.82) is 0 Å². The van der Waals surface area contributed by atoms with Crippen LogP contribution in [0.25, 0.3) is 10.9 Å². The average Bonchev–Trinajstić information content (AvgIpc) is 3.32. The predicted octanol–water partition coefficient (Wildman–Crippen LogP) is 7.53. The SMILES string of the molecule is CCOc1cc2ncnc(Nc3ccc(F)c(Cl)c3)c2cc1CC(=O)C(C)(C)n1nc(SCCC(=O)OC(C)C)sc1=S. The molecule has 0 bridgehead atoms. The summed E-state index contributed by atoms with van der Waals surface area (Å²) in [4.78, 5) is 34.4. The largest absolute Gasteiger partial charge is 0.494 e. The molecule has 0 aliphatic carbocycles. The quantitative estimate of drug-likeness (QED) is 0.0876. The fraction of sp³-hybridized carbons (Fsp3) is 0.379. The van der Waals surface area contributed by atoms with E-state index in [1.807, 2.05) is 13.0 Å². The van der Waals surface area contributed by atoms with Gasteiger partial charge in [-0.05, 0) is 71.1 Å². The Morgan fingerprint density at radius 2 is 2.00 bits per heavy atom. The number of hydrogen-bond donors (Lipinski definition) is 1. The van der Waals surface area contributed by atoms with Crippen molar-refractivity contribution in [2.75, 3.05) is 17.7 Å². The number of fused-ring (bicyclic) bond motifs is 1. The molecule has 0 saturated carbocycles. The zero-order valence-corrected chi connectivity index (χ0v) is 27.5. The number of halogens is 2. The summed E-state index contributed by atoms with van der Waals surface area (Å²) in [6, 6.07) is 7.87. The molecule has 0 unspecified atom stereocenters. The zero-order valence-electron chi connectivity index (χ0n) is 24.3. The van der Waals surface area contributed by atoms with Crippen LogP contribution in [0, 0.1) is 9.77 Å². The molecule has 0 atom stereocenters. The predicted molar refractivity (Wildman–Crippen MR) is 171 cm³/mol. The second kappa shape index (κ2) is 14.1. The summed E-state index contributed by atoms with van der Waals surface area (Å²) in [6.07, 6.45) is 1.51. The van der Waals surface area contributed by atoms with Crippen molar-refractivity contribution in [1.82, 2.24) is 19.7 Å². The van der Waals surface area contributed by atoms with Crippen LogP contribution in [0.3, 0.4) is 0 Å². The highest BCUT2D eigenvalue weighted by Crippen LogP contribution is 2.33. The normalized spacial score (nSPS) is 11.6. The smallest absolute Gasteiger partial charge is 0.306 e. The van der Waals surface area contributed by atoms with Crippen molar-refractivity contribution in [3.8, 4) is 5.75 Å². The molecule has 0 aliphatic rings. The third-order valence-corrected chi connectivity index (χ3v) is 8.95. The first-order valence-electron chi connectivity index (χ1n) is 13.5. The maximum atomic E-state index is 13.8. The number of thioether (sulfide) groups is 1. The molecule has 0 amide bonds. The number of carbonyl (C=O) groups is 2. The molecular formula is C29H31ClFN5O4S3. The van der Waals surface area contributed by atoms with Crippen molar-refractivity contribution in [3.05, 3.63) is 57.0 Å². The molecule has 0 radical (unpaired) electrons. The van der Waals surface area contributed by atoms with Crippen LogP contribution in [0.15, 0.2) is 41.0 Å². The van der Waals surface area contributed by atoms with Crippen molar-refractivity contribution in [2.45, 2.75) is 63.4 Å². The third kappa shape index (κ3) is 8.08. The molecule has 14 heteroatoms. The van der Waals surface area contributed by atoms with Crippen molar-refractivity contribution >= 4 is 81.1 Å². The van der Waals surface area contributed by atoms with Gasteiger partial charge in [0, 0.05) is 34.9 Å². The Labute approximate surface area is 267 Å². The van der Waals surface area contributed by atoms with Crippen LogP contribution >= 0.6 is 46.9 Å². The standard InChI is InChI=1S/C29H31ClFN5O4S3/c1-6-39-23-14-22-19(26(33-15-32-22)34-18-7-8-21(31)20(30)13-18)11-17(23)12-24(37)29(4,5)36-28(41)43-27(35-36)42-10-9-25(38)40-16(2)3/h7-8,11,13-16H,6,9-10,12H2,1-5H3,(H,32,33,34). The summed E-state index contributed by atoms with van der Waals surface area (Å²) in [6.45, 7) is 9.41. The maximum Gasteiger partial charge on any atom is 0.306 e. The molecule has 4 aromatic rings. The average molecular weight is 664 g/mol. The van der Waals surface area contributed by atoms with Crippen LogP contribution < -0.4 is 10.1 Å². The number of nitrogens with one attached hydrogen (secondary N) is 1. The Morgan fingerprint density at radius 1 is 1.23 bits per heavy atom. The highest BCUT2D eigenvalue weighted by atomic mass is 35.5. The molecular weight excluding hydrogens is 633 g/mol. The van der Waals surface area contributed by atoms with Crippen LogP contribution in [0.4, 0.5) is 15.9 Å². The number of rotatable bonds is 13. The van der Waals surface area contributed by atoms with E-state index in [4.69, 9.17) is 33.3 Å². The number of aromatic nitrogens is 4. The minimum atomic E-state index is -1.07. The fourth-order valence-corrected chi connectivity index (χ4v) is 6.87. The summed E-state index contributed by atoms with van der Waals surface area (Å²) in [5.41, 5.74) is 0.718. The first-order valence-corrected chi connectivity index (χ1v) is 16.1. The number of hydrogen-bond acceptors (Lipinski definition) is 11. The van der Waals surface area contributed by atoms with Crippen molar-refractivity contribution in [3.63, 3.8) is 0 Å². The van der Waals surface area contributed by atoms with E-state index in [1.165, 1.54) is 41.6 Å². The molecule has 2 aromatic carbocycles. The first-order chi connectivity index (χ1) is 20.4. The van der Waals surface area contributed by atoms with Gasteiger partial charge in [0.25, 0.3) is 0 Å². The van der Waals surface area contributed by atoms with Gasteiger partial charge in [0.1, 0.15) is 29.3 Å². The van der Waals surface area contributed by atoms with Gasteiger partial charge in [0.15, 0.2) is 14.1 Å². The Hall–Kier alpha value is -3.13. The third-order valence-electron chi connectivity index (χ3n) is 6.29. The minimum Gasteiger partial charge on any atom is -0.494 e. The van der Waals surface area contributed by atoms with Crippen LogP contribution in [-0.2, 0) is 26.3 Å². The number of nitrogens with zero attached hydrogens (tertiary/aromatic N) is 4. The molecule has 4 rings (SSSR count). The van der Waals surface area contributed by atoms with Gasteiger partial charge in [-0.15, -0.1) is 0 Å². The lowest BCUT2D eigenvalue weighted by Gasteiger charge is -2.24. The molecule has 2 heterocycles. The van der Waals surface area contributed by atoms with Gasteiger partial charge in [-0.25, -0.2) is 19.0 Å². The van der Waals surface area contributed by atoms with Gasteiger partial charge < -0.3 is 14.8 Å². The van der Waals surface area contributed by atoms with Gasteiger partial charge in [-0.2, -0.15) is 5.10 Å².